The van der Waals surface area contributed by atoms with E-state index in [1.807, 2.05) is 0 Å². The van der Waals surface area contributed by atoms with E-state index >= 15 is 0 Å². The van der Waals surface area contributed by atoms with Gasteiger partial charge in [-0.1, -0.05) is 101 Å². The molecule has 6 heteroatoms. The van der Waals surface area contributed by atoms with Crippen LogP contribution in [0.5, 0.6) is 0 Å². The van der Waals surface area contributed by atoms with Crippen molar-refractivity contribution in [3.63, 3.8) is 0 Å². The summed E-state index contributed by atoms with van der Waals surface area (Å²) in [7, 11) is 0. The van der Waals surface area contributed by atoms with Gasteiger partial charge in [-0.2, -0.15) is 0 Å². The first-order valence-corrected chi connectivity index (χ1v) is 23.4. The summed E-state index contributed by atoms with van der Waals surface area (Å²) in [5.41, 5.74) is -1.40. The molecule has 5 fully saturated rings. The highest BCUT2D eigenvalue weighted by molar-refractivity contribution is 5.85. The quantitative estimate of drug-likeness (QED) is 0.162. The number of rotatable bonds is 12. The number of esters is 2. The monoisotopic (exact) mass is 781 g/mol. The van der Waals surface area contributed by atoms with Crippen molar-refractivity contribution in [1.29, 1.82) is 0 Å². The third-order valence-electron chi connectivity index (χ3n) is 17.9. The number of fused-ring (bicyclic) bond motifs is 4. The van der Waals surface area contributed by atoms with E-state index in [0.29, 0.717) is 55.8 Å². The molecule has 2 bridgehead atoms. The maximum atomic E-state index is 14.8. The highest BCUT2D eigenvalue weighted by Gasteiger charge is 2.76. The summed E-state index contributed by atoms with van der Waals surface area (Å²) in [5.74, 6) is 7.64. The van der Waals surface area contributed by atoms with Gasteiger partial charge in [-0.15, -0.1) is 5.92 Å². The molecule has 0 radical (unpaired) electrons. The van der Waals surface area contributed by atoms with Gasteiger partial charge in [0, 0.05) is 30.3 Å². The summed E-state index contributed by atoms with van der Waals surface area (Å²) in [6.45, 7) is 7.22. The van der Waals surface area contributed by atoms with Crippen LogP contribution in [0.25, 0.3) is 0 Å². The summed E-state index contributed by atoms with van der Waals surface area (Å²) in [5, 5.41) is 27.2. The Hall–Kier alpha value is -2.62. The Kier molecular flexibility index (Phi) is 11.6. The first-order valence-electron chi connectivity index (χ1n) is 23.4. The highest BCUT2D eigenvalue weighted by atomic mass is 16.5. The van der Waals surface area contributed by atoms with Gasteiger partial charge in [-0.3, -0.25) is 4.79 Å². The van der Waals surface area contributed by atoms with E-state index in [1.165, 1.54) is 50.5 Å². The molecule has 6 nitrogen and oxygen atoms in total. The van der Waals surface area contributed by atoms with Gasteiger partial charge in [0.25, 0.3) is 0 Å². The largest absolute Gasteiger partial charge is 0.462 e. The van der Waals surface area contributed by atoms with Gasteiger partial charge in [-0.05, 0) is 131 Å². The van der Waals surface area contributed by atoms with Gasteiger partial charge in [0.2, 0.25) is 0 Å². The van der Waals surface area contributed by atoms with E-state index in [2.05, 4.69) is 62.9 Å². The number of aliphatic hydroxyl groups excluding tert-OH is 1. The van der Waals surface area contributed by atoms with Crippen LogP contribution in [-0.4, -0.2) is 46.6 Å². The first-order chi connectivity index (χ1) is 27.4. The number of ether oxygens (including phenoxy) is 2. The Morgan fingerprint density at radius 3 is 2.33 bits per heavy atom. The number of benzene rings is 1. The number of aliphatic hydroxyl groups is 2. The van der Waals surface area contributed by atoms with E-state index in [-0.39, 0.29) is 29.9 Å². The van der Waals surface area contributed by atoms with Crippen LogP contribution >= 0.6 is 0 Å². The fourth-order valence-electron chi connectivity index (χ4n) is 14.7. The second-order valence-electron chi connectivity index (χ2n) is 21.2. The number of carbonyl (C=O) groups excluding carboxylic acids is 2. The van der Waals surface area contributed by atoms with Crippen molar-refractivity contribution in [2.45, 2.75) is 193 Å². The average Bonchev–Trinajstić information content (AvgIpc) is 3.97. The van der Waals surface area contributed by atoms with Crippen LogP contribution in [0.2, 0.25) is 0 Å². The molecule has 2 spiro atoms. The van der Waals surface area contributed by atoms with Crippen LogP contribution in [0.4, 0.5) is 0 Å². The lowest BCUT2D eigenvalue weighted by molar-refractivity contribution is -0.314. The van der Waals surface area contributed by atoms with Crippen LogP contribution in [0.1, 0.15) is 174 Å². The minimum Gasteiger partial charge on any atom is -0.462 e. The molecule has 0 aromatic heterocycles. The maximum absolute atomic E-state index is 14.8. The topological polar surface area (TPSA) is 93.1 Å². The van der Waals surface area contributed by atoms with Crippen LogP contribution < -0.4 is 0 Å². The molecule has 2 heterocycles. The number of cyclic esters (lactones) is 1. The summed E-state index contributed by atoms with van der Waals surface area (Å²) in [6.07, 6.45) is 23.3. The zero-order chi connectivity index (χ0) is 39.9. The van der Waals surface area contributed by atoms with Crippen molar-refractivity contribution >= 4 is 11.9 Å². The van der Waals surface area contributed by atoms with Crippen molar-refractivity contribution in [2.24, 2.45) is 44.8 Å². The van der Waals surface area contributed by atoms with Crippen molar-refractivity contribution in [3.8, 4) is 11.8 Å². The standard InChI is InChI=1S/C51H72O6/c1-37(15-12-19-38-17-6-4-7-18-38)16-13-29-50-42(52)22-30-47(3,40-21-31-48(34-40)24-10-11-25-48)44(50)41-35-46(2,51(50,55)32-20-39-33-43(53)56-36-39)23-14-28-49(45(54)57-41)26-8-5-9-27-49/h4,6-7,17-18,33,37,40-42,44,52,55H,5,8-13,15-16,19-22,24-32,34-36H2,1-3H3. The molecular weight excluding hydrogens is 709 g/mol. The Balaban J connectivity index is 1.20. The summed E-state index contributed by atoms with van der Waals surface area (Å²) >= 11 is 0. The third-order valence-corrected chi connectivity index (χ3v) is 17.9. The molecule has 0 saturated heterocycles. The van der Waals surface area contributed by atoms with Gasteiger partial charge in [0.15, 0.2) is 0 Å². The second kappa shape index (κ2) is 16.1. The predicted octanol–water partition coefficient (Wildman–Crippen LogP) is 10.6. The molecule has 1 aromatic carbocycles. The molecule has 9 atom stereocenters. The molecule has 7 aliphatic rings. The average molecular weight is 781 g/mol. The van der Waals surface area contributed by atoms with Crippen LogP contribution in [0.3, 0.4) is 0 Å². The van der Waals surface area contributed by atoms with Gasteiger partial charge >= 0.3 is 11.9 Å². The summed E-state index contributed by atoms with van der Waals surface area (Å²) in [4.78, 5) is 27.1. The third kappa shape index (κ3) is 7.36. The Bertz CT molecular complexity index is 1710. The second-order valence-corrected chi connectivity index (χ2v) is 21.2. The molecule has 5 saturated carbocycles. The Labute approximate surface area is 343 Å². The van der Waals surface area contributed by atoms with E-state index in [4.69, 9.17) is 9.47 Å². The molecule has 0 amide bonds. The molecule has 5 aliphatic carbocycles. The Morgan fingerprint density at radius 2 is 1.60 bits per heavy atom. The SMILES string of the molecule is CC(CCCc1ccccc1)CCCC12C(O)CCC(C)(C3CCC4(CCCC4)C3)C1C1CC(C)(C#CCC3(CCCCC3)C(=O)O1)C2(O)CCC1=CC(=O)OC1. The minimum absolute atomic E-state index is 0.0787. The van der Waals surface area contributed by atoms with E-state index in [9.17, 15) is 19.8 Å². The number of carbonyl (C=O) groups is 2. The molecular formula is C51H72O6. The highest BCUT2D eigenvalue weighted by Crippen LogP contribution is 2.73. The molecule has 57 heavy (non-hydrogen) atoms. The summed E-state index contributed by atoms with van der Waals surface area (Å²) < 4.78 is 12.5. The van der Waals surface area contributed by atoms with Crippen molar-refractivity contribution in [2.75, 3.05) is 6.61 Å². The normalized spacial score (nSPS) is 38.6. The zero-order valence-corrected chi connectivity index (χ0v) is 35.6. The van der Waals surface area contributed by atoms with E-state index in [0.717, 1.165) is 76.2 Å². The van der Waals surface area contributed by atoms with Crippen molar-refractivity contribution < 1.29 is 29.3 Å². The van der Waals surface area contributed by atoms with Gasteiger partial charge in [0.05, 0.1) is 22.5 Å². The lowest BCUT2D eigenvalue weighted by Crippen LogP contribution is -2.76. The van der Waals surface area contributed by atoms with Crippen LogP contribution in [-0.2, 0) is 25.5 Å². The van der Waals surface area contributed by atoms with E-state index < -0.39 is 34.1 Å². The lowest BCUT2D eigenvalue weighted by Gasteiger charge is -2.71. The Morgan fingerprint density at radius 1 is 0.860 bits per heavy atom. The van der Waals surface area contributed by atoms with Crippen molar-refractivity contribution in [1.82, 2.24) is 0 Å². The number of aryl methyl sites for hydroxylation is 1. The van der Waals surface area contributed by atoms with Crippen molar-refractivity contribution in [3.05, 3.63) is 47.5 Å². The smallest absolute Gasteiger partial charge is 0.331 e. The van der Waals surface area contributed by atoms with Crippen LogP contribution in [0.15, 0.2) is 42.0 Å². The number of hydrogen-bond acceptors (Lipinski definition) is 6. The molecule has 312 valence electrons. The minimum atomic E-state index is -1.39. The first kappa shape index (κ1) is 41.1. The van der Waals surface area contributed by atoms with Gasteiger partial charge < -0.3 is 19.7 Å². The number of hydrogen-bond donors (Lipinski definition) is 2. The zero-order valence-electron chi connectivity index (χ0n) is 35.6. The van der Waals surface area contributed by atoms with Crippen LogP contribution in [0, 0.1) is 56.7 Å². The fourth-order valence-corrected chi connectivity index (χ4v) is 14.7. The lowest BCUT2D eigenvalue weighted by atomic mass is 9.36. The maximum Gasteiger partial charge on any atom is 0.331 e. The molecule has 9 unspecified atom stereocenters. The fraction of sp³-hybridized carbons (Fsp3) is 0.765. The van der Waals surface area contributed by atoms with Gasteiger partial charge in [0.1, 0.15) is 12.7 Å². The van der Waals surface area contributed by atoms with E-state index in [1.54, 1.807) is 6.08 Å². The molecule has 2 aliphatic heterocycles. The molecule has 8 rings (SSSR count). The summed E-state index contributed by atoms with van der Waals surface area (Å²) in [6, 6.07) is 10.8. The van der Waals surface area contributed by atoms with Gasteiger partial charge in [-0.25, -0.2) is 4.79 Å². The predicted molar refractivity (Wildman–Crippen MR) is 224 cm³/mol. The molecule has 1 aromatic rings. The molecule has 2 N–H and O–H groups in total.